The van der Waals surface area contributed by atoms with Gasteiger partial charge in [-0.05, 0) is 77.8 Å². The average Bonchev–Trinajstić information content (AvgIpc) is 2.79. The molecule has 4 nitrogen and oxygen atoms in total. The van der Waals surface area contributed by atoms with Crippen molar-refractivity contribution in [2.75, 3.05) is 0 Å². The van der Waals surface area contributed by atoms with E-state index < -0.39 is 11.9 Å². The van der Waals surface area contributed by atoms with Crippen molar-refractivity contribution in [2.45, 2.75) is 32.6 Å². The van der Waals surface area contributed by atoms with Crippen molar-refractivity contribution in [1.29, 1.82) is 0 Å². The molecule has 156 valence electrons. The molecule has 2 aliphatic carbocycles. The van der Waals surface area contributed by atoms with Gasteiger partial charge in [-0.2, -0.15) is 0 Å². The zero-order valence-electron chi connectivity index (χ0n) is 17.4. The molecule has 0 fully saturated rings. The van der Waals surface area contributed by atoms with Gasteiger partial charge in [0.1, 0.15) is 0 Å². The zero-order chi connectivity index (χ0) is 22.0. The van der Waals surface area contributed by atoms with Crippen LogP contribution in [0.4, 0.5) is 0 Å². The Morgan fingerprint density at radius 2 is 1.68 bits per heavy atom. The lowest BCUT2D eigenvalue weighted by atomic mass is 9.80. The van der Waals surface area contributed by atoms with Gasteiger partial charge < -0.3 is 10.2 Å². The van der Waals surface area contributed by atoms with Gasteiger partial charge in [-0.1, -0.05) is 60.2 Å². The second kappa shape index (κ2) is 8.60. The SMILES string of the molecule is C1=CC2=C(CC1)CCc1c2ccc2ccccc12.Cc1ccc(C(=O)O)cc1C(=O)O. The first-order valence-corrected chi connectivity index (χ1v) is 10.4. The Hall–Kier alpha value is -3.66. The van der Waals surface area contributed by atoms with Gasteiger partial charge in [-0.25, -0.2) is 9.59 Å². The summed E-state index contributed by atoms with van der Waals surface area (Å²) in [7, 11) is 0. The molecule has 0 atom stereocenters. The molecule has 0 saturated heterocycles. The summed E-state index contributed by atoms with van der Waals surface area (Å²) in [4.78, 5) is 21.1. The van der Waals surface area contributed by atoms with Gasteiger partial charge in [0, 0.05) is 0 Å². The Kier molecular flexibility index (Phi) is 5.72. The molecule has 0 aromatic heterocycles. The minimum absolute atomic E-state index is 0.0111. The van der Waals surface area contributed by atoms with Crippen LogP contribution in [-0.2, 0) is 6.42 Å². The Morgan fingerprint density at radius 3 is 2.45 bits per heavy atom. The van der Waals surface area contributed by atoms with E-state index in [-0.39, 0.29) is 11.1 Å². The third-order valence-corrected chi connectivity index (χ3v) is 6.00. The van der Waals surface area contributed by atoms with E-state index in [0.717, 1.165) is 6.07 Å². The van der Waals surface area contributed by atoms with Crippen LogP contribution in [0, 0.1) is 6.92 Å². The highest BCUT2D eigenvalue weighted by Crippen LogP contribution is 2.39. The van der Waals surface area contributed by atoms with E-state index >= 15 is 0 Å². The van der Waals surface area contributed by atoms with E-state index in [1.807, 2.05) is 0 Å². The van der Waals surface area contributed by atoms with Gasteiger partial charge in [0.15, 0.2) is 0 Å². The number of carboxylic acid groups (broad SMARTS) is 2. The predicted molar refractivity (Wildman–Crippen MR) is 123 cm³/mol. The van der Waals surface area contributed by atoms with Crippen LogP contribution >= 0.6 is 0 Å². The number of rotatable bonds is 2. The van der Waals surface area contributed by atoms with Gasteiger partial charge in [0.2, 0.25) is 0 Å². The molecule has 0 saturated carbocycles. The molecule has 0 radical (unpaired) electrons. The Morgan fingerprint density at radius 1 is 0.871 bits per heavy atom. The van der Waals surface area contributed by atoms with Crippen LogP contribution < -0.4 is 0 Å². The van der Waals surface area contributed by atoms with Crippen molar-refractivity contribution in [3.05, 3.63) is 100 Å². The number of allylic oxidation sites excluding steroid dienone is 4. The molecular weight excluding hydrogens is 388 g/mol. The van der Waals surface area contributed by atoms with Crippen LogP contribution in [-0.4, -0.2) is 22.2 Å². The normalized spacial score (nSPS) is 14.4. The summed E-state index contributed by atoms with van der Waals surface area (Å²) in [5.41, 5.74) is 6.78. The van der Waals surface area contributed by atoms with Crippen LogP contribution in [0.2, 0.25) is 0 Å². The highest BCUT2D eigenvalue weighted by atomic mass is 16.4. The molecule has 31 heavy (non-hydrogen) atoms. The molecule has 2 aliphatic rings. The minimum Gasteiger partial charge on any atom is -0.478 e. The van der Waals surface area contributed by atoms with Gasteiger partial charge in [0.05, 0.1) is 11.1 Å². The highest BCUT2D eigenvalue weighted by Gasteiger charge is 2.20. The molecule has 5 rings (SSSR count). The lowest BCUT2D eigenvalue weighted by Gasteiger charge is -2.25. The van der Waals surface area contributed by atoms with Crippen molar-refractivity contribution < 1.29 is 19.8 Å². The Bertz CT molecular complexity index is 1250. The fourth-order valence-corrected chi connectivity index (χ4v) is 4.37. The van der Waals surface area contributed by atoms with Crippen molar-refractivity contribution in [3.8, 4) is 0 Å². The first-order chi connectivity index (χ1) is 15.0. The highest BCUT2D eigenvalue weighted by molar-refractivity contribution is 5.95. The number of hydrogen-bond acceptors (Lipinski definition) is 2. The fraction of sp³-hybridized carbons (Fsp3) is 0.185. The minimum atomic E-state index is -1.12. The maximum atomic E-state index is 10.6. The summed E-state index contributed by atoms with van der Waals surface area (Å²) in [6.07, 6.45) is 9.61. The Balaban J connectivity index is 0.000000159. The number of carbonyl (C=O) groups is 2. The third-order valence-electron chi connectivity index (χ3n) is 6.00. The number of carboxylic acids is 2. The van der Waals surface area contributed by atoms with E-state index in [0.29, 0.717) is 5.56 Å². The summed E-state index contributed by atoms with van der Waals surface area (Å²) in [5.74, 6) is -2.23. The lowest BCUT2D eigenvalue weighted by Crippen LogP contribution is -2.06. The molecule has 3 aromatic rings. The van der Waals surface area contributed by atoms with E-state index in [1.165, 1.54) is 59.7 Å². The summed E-state index contributed by atoms with van der Waals surface area (Å²) < 4.78 is 0. The molecule has 0 aliphatic heterocycles. The van der Waals surface area contributed by atoms with Gasteiger partial charge in [0.25, 0.3) is 0 Å². The molecule has 3 aromatic carbocycles. The molecule has 0 amide bonds. The first kappa shape index (κ1) is 20.6. The average molecular weight is 412 g/mol. The topological polar surface area (TPSA) is 74.6 Å². The van der Waals surface area contributed by atoms with E-state index in [2.05, 4.69) is 48.6 Å². The third kappa shape index (κ3) is 4.15. The number of aryl methyl sites for hydroxylation is 2. The van der Waals surface area contributed by atoms with Crippen LogP contribution in [0.25, 0.3) is 16.3 Å². The van der Waals surface area contributed by atoms with Crippen molar-refractivity contribution in [3.63, 3.8) is 0 Å². The molecule has 0 heterocycles. The molecule has 4 heteroatoms. The molecular formula is C27H24O4. The van der Waals surface area contributed by atoms with E-state index in [1.54, 1.807) is 18.1 Å². The van der Waals surface area contributed by atoms with Crippen molar-refractivity contribution >= 4 is 28.3 Å². The van der Waals surface area contributed by atoms with Crippen LogP contribution in [0.1, 0.15) is 56.7 Å². The summed E-state index contributed by atoms with van der Waals surface area (Å²) in [5, 5.41) is 20.1. The van der Waals surface area contributed by atoms with Gasteiger partial charge >= 0.3 is 11.9 Å². The number of fused-ring (bicyclic) bond motifs is 4. The molecule has 2 N–H and O–H groups in total. The summed E-state index contributed by atoms with van der Waals surface area (Å²) >= 11 is 0. The largest absolute Gasteiger partial charge is 0.478 e. The lowest BCUT2D eigenvalue weighted by molar-refractivity contribution is 0.0695. The maximum Gasteiger partial charge on any atom is 0.335 e. The summed E-state index contributed by atoms with van der Waals surface area (Å²) in [6, 6.07) is 17.4. The van der Waals surface area contributed by atoms with Crippen LogP contribution in [0.3, 0.4) is 0 Å². The molecule has 0 unspecified atom stereocenters. The monoisotopic (exact) mass is 412 g/mol. The van der Waals surface area contributed by atoms with Crippen LogP contribution in [0.5, 0.6) is 0 Å². The molecule has 0 spiro atoms. The first-order valence-electron chi connectivity index (χ1n) is 10.4. The molecule has 0 bridgehead atoms. The second-order valence-electron chi connectivity index (χ2n) is 7.91. The summed E-state index contributed by atoms with van der Waals surface area (Å²) in [6.45, 7) is 1.62. The maximum absolute atomic E-state index is 10.6. The standard InChI is InChI=1S/C18H16.C9H8O4/c1-3-7-15-13(5-1)9-11-18-16-8-4-2-6-14(16)10-12-17(15)18;1-5-2-3-6(8(10)11)4-7(5)9(12)13/h1,3-5,7-9,11H,2,6,10,12H2;2-4H,1H3,(H,10,11)(H,12,13). The number of aromatic carboxylic acids is 2. The smallest absolute Gasteiger partial charge is 0.335 e. The fourth-order valence-electron chi connectivity index (χ4n) is 4.37. The number of hydrogen-bond donors (Lipinski definition) is 2. The quantitative estimate of drug-likeness (QED) is 0.519. The van der Waals surface area contributed by atoms with E-state index in [9.17, 15) is 9.59 Å². The van der Waals surface area contributed by atoms with Crippen molar-refractivity contribution in [2.24, 2.45) is 0 Å². The van der Waals surface area contributed by atoms with Crippen LogP contribution in [0.15, 0.2) is 72.3 Å². The predicted octanol–water partition coefficient (Wildman–Crippen LogP) is 6.28. The zero-order valence-corrected chi connectivity index (χ0v) is 17.4. The van der Waals surface area contributed by atoms with E-state index in [4.69, 9.17) is 10.2 Å². The number of benzene rings is 3. The van der Waals surface area contributed by atoms with Gasteiger partial charge in [-0.3, -0.25) is 0 Å². The Labute approximate surface area is 181 Å². The van der Waals surface area contributed by atoms with Gasteiger partial charge in [-0.15, -0.1) is 0 Å². The second-order valence-corrected chi connectivity index (χ2v) is 7.91. The van der Waals surface area contributed by atoms with Crippen molar-refractivity contribution in [1.82, 2.24) is 0 Å².